The minimum absolute atomic E-state index is 0.0207. The largest absolute Gasteiger partial charge is 0.507 e. The van der Waals surface area contributed by atoms with Gasteiger partial charge in [-0.25, -0.2) is 0 Å². The van der Waals surface area contributed by atoms with Gasteiger partial charge in [-0.05, 0) is 62.2 Å². The molecule has 5 aromatic rings. The lowest BCUT2D eigenvalue weighted by Crippen LogP contribution is -2.26. The Labute approximate surface area is 255 Å². The summed E-state index contributed by atoms with van der Waals surface area (Å²) in [4.78, 5) is 41.5. The van der Waals surface area contributed by atoms with Gasteiger partial charge < -0.3 is 15.6 Å². The van der Waals surface area contributed by atoms with Crippen molar-refractivity contribution >= 4 is 34.5 Å². The molecule has 0 bridgehead atoms. The number of nitrogen functional groups attached to an aromatic ring is 1. The number of carbonyl (C=O) groups is 3. The fraction of sp³-hybridized carbons (Fsp3) is 0.108. The second-order valence-corrected chi connectivity index (χ2v) is 10.9. The molecule has 0 unspecified atom stereocenters. The lowest BCUT2D eigenvalue weighted by Gasteiger charge is -2.23. The fourth-order valence-electron chi connectivity index (χ4n) is 5.40. The summed E-state index contributed by atoms with van der Waals surface area (Å²) in [5.41, 5.74) is 11.4. The Hall–Kier alpha value is -5.69. The number of anilines is 3. The number of carbonyl (C=O) groups excluding carboxylic acids is 3. The summed E-state index contributed by atoms with van der Waals surface area (Å²) in [5.74, 6) is -0.833. The molecule has 1 aliphatic carbocycles. The maximum absolute atomic E-state index is 13.5. The Kier molecular flexibility index (Phi) is 7.45. The molecule has 7 nitrogen and oxygen atoms in total. The van der Waals surface area contributed by atoms with Crippen LogP contribution in [0.1, 0.15) is 55.0 Å². The molecular formula is C37H30N2O5. The van der Waals surface area contributed by atoms with Crippen LogP contribution in [0.2, 0.25) is 0 Å². The molecule has 0 spiro atoms. The molecule has 0 heterocycles. The molecule has 0 saturated carbocycles. The first-order valence-electron chi connectivity index (χ1n) is 14.3. The SMILES string of the molecule is Cc1ccc(N(C(=O)CCc2ccc(Oc3cc(O)c4c(c3N)C(=O)c3ccccc3C4=O)cc2)c2ccc(C)cc2)cc1. The Morgan fingerprint density at radius 3 is 1.82 bits per heavy atom. The van der Waals surface area contributed by atoms with Crippen molar-refractivity contribution in [3.8, 4) is 17.2 Å². The summed E-state index contributed by atoms with van der Waals surface area (Å²) < 4.78 is 5.96. The molecule has 44 heavy (non-hydrogen) atoms. The number of aromatic hydroxyl groups is 1. The van der Waals surface area contributed by atoms with Gasteiger partial charge in [0, 0.05) is 35.0 Å². The zero-order valence-electron chi connectivity index (χ0n) is 24.3. The predicted molar refractivity (Wildman–Crippen MR) is 170 cm³/mol. The second-order valence-electron chi connectivity index (χ2n) is 10.9. The van der Waals surface area contributed by atoms with E-state index in [1.54, 1.807) is 41.3 Å². The highest BCUT2D eigenvalue weighted by Gasteiger charge is 2.35. The summed E-state index contributed by atoms with van der Waals surface area (Å²) in [5, 5.41) is 10.7. The number of fused-ring (bicyclic) bond motifs is 2. The number of ketones is 2. The fourth-order valence-corrected chi connectivity index (χ4v) is 5.40. The number of benzene rings is 5. The van der Waals surface area contributed by atoms with Crippen LogP contribution >= 0.6 is 0 Å². The van der Waals surface area contributed by atoms with Gasteiger partial charge in [0.25, 0.3) is 0 Å². The number of phenolic OH excluding ortho intramolecular Hbond substituents is 1. The number of rotatable bonds is 7. The van der Waals surface area contributed by atoms with Gasteiger partial charge in [0.1, 0.15) is 11.5 Å². The molecule has 6 rings (SSSR count). The maximum Gasteiger partial charge on any atom is 0.231 e. The highest BCUT2D eigenvalue weighted by Crippen LogP contribution is 2.42. The molecule has 5 aromatic carbocycles. The van der Waals surface area contributed by atoms with Crippen LogP contribution < -0.4 is 15.4 Å². The van der Waals surface area contributed by atoms with Crippen molar-refractivity contribution in [2.75, 3.05) is 10.6 Å². The van der Waals surface area contributed by atoms with Gasteiger partial charge in [-0.2, -0.15) is 0 Å². The van der Waals surface area contributed by atoms with Crippen molar-refractivity contribution < 1.29 is 24.2 Å². The van der Waals surface area contributed by atoms with E-state index in [4.69, 9.17) is 10.5 Å². The van der Waals surface area contributed by atoms with Gasteiger partial charge >= 0.3 is 0 Å². The van der Waals surface area contributed by atoms with Crippen molar-refractivity contribution in [1.29, 1.82) is 0 Å². The van der Waals surface area contributed by atoms with Crippen LogP contribution in [0.3, 0.4) is 0 Å². The summed E-state index contributed by atoms with van der Waals surface area (Å²) in [7, 11) is 0. The average Bonchev–Trinajstić information content (AvgIpc) is 3.03. The minimum atomic E-state index is -0.465. The molecule has 0 aromatic heterocycles. The minimum Gasteiger partial charge on any atom is -0.507 e. The van der Waals surface area contributed by atoms with E-state index >= 15 is 0 Å². The smallest absolute Gasteiger partial charge is 0.231 e. The average molecular weight is 583 g/mol. The highest BCUT2D eigenvalue weighted by molar-refractivity contribution is 6.31. The van der Waals surface area contributed by atoms with Crippen LogP contribution in [0.4, 0.5) is 17.1 Å². The number of hydrogen-bond donors (Lipinski definition) is 2. The number of ether oxygens (including phenoxy) is 1. The van der Waals surface area contributed by atoms with E-state index in [0.717, 1.165) is 28.1 Å². The predicted octanol–water partition coefficient (Wildman–Crippen LogP) is 7.46. The number of amides is 1. The molecule has 0 saturated heterocycles. The van der Waals surface area contributed by atoms with Crippen LogP contribution in [0.5, 0.6) is 17.2 Å². The van der Waals surface area contributed by atoms with E-state index < -0.39 is 11.6 Å². The van der Waals surface area contributed by atoms with Gasteiger partial charge in [0.15, 0.2) is 17.3 Å². The lowest BCUT2D eigenvalue weighted by molar-refractivity contribution is -0.117. The number of nitrogens with zero attached hydrogens (tertiary/aromatic N) is 1. The first kappa shape index (κ1) is 28.4. The number of aryl methyl sites for hydroxylation is 3. The summed E-state index contributed by atoms with van der Waals surface area (Å²) >= 11 is 0. The quantitative estimate of drug-likeness (QED) is 0.149. The first-order chi connectivity index (χ1) is 21.2. The van der Waals surface area contributed by atoms with Crippen LogP contribution in [0, 0.1) is 13.8 Å². The zero-order chi connectivity index (χ0) is 31.0. The van der Waals surface area contributed by atoms with Crippen molar-refractivity contribution in [3.05, 3.63) is 142 Å². The van der Waals surface area contributed by atoms with E-state index in [0.29, 0.717) is 12.2 Å². The Morgan fingerprint density at radius 2 is 1.27 bits per heavy atom. The van der Waals surface area contributed by atoms with E-state index in [1.165, 1.54) is 6.07 Å². The lowest BCUT2D eigenvalue weighted by atomic mass is 9.82. The zero-order valence-corrected chi connectivity index (χ0v) is 24.3. The summed E-state index contributed by atoms with van der Waals surface area (Å²) in [6, 6.07) is 30.6. The third-order valence-corrected chi connectivity index (χ3v) is 7.79. The van der Waals surface area contributed by atoms with E-state index in [1.807, 2.05) is 74.5 Å². The molecule has 0 atom stereocenters. The third-order valence-electron chi connectivity index (χ3n) is 7.79. The normalized spacial score (nSPS) is 12.0. The molecular weight excluding hydrogens is 552 g/mol. The van der Waals surface area contributed by atoms with Crippen molar-refractivity contribution in [3.63, 3.8) is 0 Å². The van der Waals surface area contributed by atoms with Crippen molar-refractivity contribution in [2.45, 2.75) is 26.7 Å². The molecule has 0 fully saturated rings. The van der Waals surface area contributed by atoms with Crippen molar-refractivity contribution in [2.24, 2.45) is 0 Å². The van der Waals surface area contributed by atoms with Gasteiger partial charge in [-0.15, -0.1) is 0 Å². The number of hydrogen-bond acceptors (Lipinski definition) is 6. The van der Waals surface area contributed by atoms with Gasteiger partial charge in [0.2, 0.25) is 5.91 Å². The van der Waals surface area contributed by atoms with E-state index in [9.17, 15) is 19.5 Å². The summed E-state index contributed by atoms with van der Waals surface area (Å²) in [6.45, 7) is 4.02. The molecule has 3 N–H and O–H groups in total. The standard InChI is InChI=1S/C37H30N2O5/c1-22-7-14-25(15-8-22)39(26-16-9-23(2)10-17-26)32(41)20-13-24-11-18-27(19-12-24)44-31-21-30(40)33-34(35(31)38)37(43)29-6-4-3-5-28(29)36(33)42/h3-12,14-19,21,40H,13,20,38H2,1-2H3. The maximum atomic E-state index is 13.5. The molecule has 218 valence electrons. The van der Waals surface area contributed by atoms with Gasteiger partial charge in [-0.3, -0.25) is 19.3 Å². The van der Waals surface area contributed by atoms with Crippen molar-refractivity contribution in [1.82, 2.24) is 0 Å². The van der Waals surface area contributed by atoms with Crippen LogP contribution in [-0.2, 0) is 11.2 Å². The van der Waals surface area contributed by atoms with Gasteiger partial charge in [-0.1, -0.05) is 71.8 Å². The Balaban J connectivity index is 1.19. The summed E-state index contributed by atoms with van der Waals surface area (Å²) in [6.07, 6.45) is 0.788. The Bertz CT molecular complexity index is 1860. The van der Waals surface area contributed by atoms with E-state index in [2.05, 4.69) is 0 Å². The Morgan fingerprint density at radius 1 is 0.750 bits per heavy atom. The molecule has 1 amide bonds. The second kappa shape index (κ2) is 11.5. The number of nitrogens with two attached hydrogens (primary N) is 1. The molecule has 0 aliphatic heterocycles. The number of phenols is 1. The molecule has 0 radical (unpaired) electrons. The third kappa shape index (κ3) is 5.31. The first-order valence-corrected chi connectivity index (χ1v) is 14.3. The molecule has 1 aliphatic rings. The molecule has 7 heteroatoms. The monoisotopic (exact) mass is 582 g/mol. The van der Waals surface area contributed by atoms with Crippen LogP contribution in [0.15, 0.2) is 103 Å². The van der Waals surface area contributed by atoms with E-state index in [-0.39, 0.29) is 51.8 Å². The highest BCUT2D eigenvalue weighted by atomic mass is 16.5. The van der Waals surface area contributed by atoms with Crippen LogP contribution in [-0.4, -0.2) is 22.6 Å². The van der Waals surface area contributed by atoms with Gasteiger partial charge in [0.05, 0.1) is 16.8 Å². The van der Waals surface area contributed by atoms with Crippen LogP contribution in [0.25, 0.3) is 0 Å². The topological polar surface area (TPSA) is 110 Å².